The lowest BCUT2D eigenvalue weighted by Crippen LogP contribution is -2.35. The molecule has 0 saturated heterocycles. The van der Waals surface area contributed by atoms with Gasteiger partial charge in [-0.3, -0.25) is 4.79 Å². The summed E-state index contributed by atoms with van der Waals surface area (Å²) in [5, 5.41) is 11.8. The van der Waals surface area contributed by atoms with Crippen molar-refractivity contribution in [3.05, 3.63) is 35.9 Å². The van der Waals surface area contributed by atoms with E-state index in [1.165, 1.54) is 18.4 Å². The van der Waals surface area contributed by atoms with Crippen LogP contribution in [-0.4, -0.2) is 23.7 Å². The zero-order valence-electron chi connectivity index (χ0n) is 10.8. The Morgan fingerprint density at radius 3 is 2.61 bits per heavy atom. The molecule has 2 atom stereocenters. The lowest BCUT2D eigenvalue weighted by Gasteiger charge is -2.18. The zero-order chi connectivity index (χ0) is 13.0. The van der Waals surface area contributed by atoms with Crippen LogP contribution in [0.1, 0.15) is 37.7 Å². The number of amides is 1. The smallest absolute Gasteiger partial charge is 0.220 e. The van der Waals surface area contributed by atoms with E-state index in [9.17, 15) is 4.79 Å². The Morgan fingerprint density at radius 2 is 2.06 bits per heavy atom. The van der Waals surface area contributed by atoms with Crippen molar-refractivity contribution in [3.63, 3.8) is 0 Å². The number of hydrogen-bond acceptors (Lipinski definition) is 2. The maximum absolute atomic E-state index is 11.9. The largest absolute Gasteiger partial charge is 0.394 e. The van der Waals surface area contributed by atoms with Gasteiger partial charge in [0.15, 0.2) is 0 Å². The number of carbonyl (C=O) groups excluding carboxylic acids is 1. The lowest BCUT2D eigenvalue weighted by atomic mass is 9.90. The van der Waals surface area contributed by atoms with Crippen LogP contribution in [0.15, 0.2) is 30.3 Å². The molecule has 98 valence electrons. The summed E-state index contributed by atoms with van der Waals surface area (Å²) in [5.41, 5.74) is 1.26. The molecule has 0 spiro atoms. The summed E-state index contributed by atoms with van der Waals surface area (Å²) in [4.78, 5) is 11.9. The summed E-state index contributed by atoms with van der Waals surface area (Å²) in [7, 11) is 0. The summed E-state index contributed by atoms with van der Waals surface area (Å²) in [6.07, 6.45) is 2.98. The van der Waals surface area contributed by atoms with Gasteiger partial charge in [-0.05, 0) is 37.2 Å². The molecule has 18 heavy (non-hydrogen) atoms. The molecule has 0 aliphatic heterocycles. The van der Waals surface area contributed by atoms with E-state index in [2.05, 4.69) is 17.4 Å². The number of aliphatic hydroxyl groups excluding tert-OH is 1. The van der Waals surface area contributed by atoms with Gasteiger partial charge in [0, 0.05) is 12.5 Å². The Bertz CT molecular complexity index is 387. The van der Waals surface area contributed by atoms with Crippen LogP contribution in [0.2, 0.25) is 0 Å². The van der Waals surface area contributed by atoms with Gasteiger partial charge in [0.05, 0.1) is 6.61 Å². The second kappa shape index (κ2) is 6.01. The Labute approximate surface area is 108 Å². The van der Waals surface area contributed by atoms with E-state index < -0.39 is 0 Å². The third-order valence-corrected chi connectivity index (χ3v) is 3.51. The minimum absolute atomic E-state index is 0.00876. The molecular formula is C15H21NO2. The van der Waals surface area contributed by atoms with Gasteiger partial charge in [0.25, 0.3) is 0 Å². The van der Waals surface area contributed by atoms with Gasteiger partial charge in [0.2, 0.25) is 5.91 Å². The van der Waals surface area contributed by atoms with Gasteiger partial charge in [0.1, 0.15) is 0 Å². The first-order chi connectivity index (χ1) is 8.70. The molecule has 1 aliphatic carbocycles. The standard InChI is InChI=1S/C15H21NO2/c1-11(10-17)16-15(18)9-14(13-7-8-13)12-5-3-2-4-6-12/h2-6,11,13-14,17H,7-10H2,1H3,(H,16,18)/t11-,14?/m0/s1. The third kappa shape index (κ3) is 3.57. The molecule has 1 unspecified atom stereocenters. The van der Waals surface area contributed by atoms with Crippen LogP contribution in [0, 0.1) is 5.92 Å². The van der Waals surface area contributed by atoms with Crippen molar-refractivity contribution >= 4 is 5.91 Å². The van der Waals surface area contributed by atoms with E-state index in [0.29, 0.717) is 18.3 Å². The fraction of sp³-hybridized carbons (Fsp3) is 0.533. The SMILES string of the molecule is C[C@@H](CO)NC(=O)CC(c1ccccc1)C1CC1. The van der Waals surface area contributed by atoms with E-state index in [-0.39, 0.29) is 18.6 Å². The molecule has 2 rings (SSSR count). The number of carbonyl (C=O) groups is 1. The zero-order valence-corrected chi connectivity index (χ0v) is 10.8. The normalized spacial score (nSPS) is 18.1. The second-order valence-electron chi connectivity index (χ2n) is 5.21. The fourth-order valence-corrected chi connectivity index (χ4v) is 2.33. The van der Waals surface area contributed by atoms with Gasteiger partial charge < -0.3 is 10.4 Å². The van der Waals surface area contributed by atoms with Crippen LogP contribution in [0.5, 0.6) is 0 Å². The molecule has 0 heterocycles. The van der Waals surface area contributed by atoms with E-state index in [0.717, 1.165) is 0 Å². The van der Waals surface area contributed by atoms with Crippen LogP contribution >= 0.6 is 0 Å². The van der Waals surface area contributed by atoms with Crippen LogP contribution < -0.4 is 5.32 Å². The van der Waals surface area contributed by atoms with Crippen LogP contribution in [0.3, 0.4) is 0 Å². The molecule has 3 nitrogen and oxygen atoms in total. The van der Waals surface area contributed by atoms with Crippen molar-refractivity contribution in [3.8, 4) is 0 Å². The van der Waals surface area contributed by atoms with E-state index >= 15 is 0 Å². The molecule has 1 saturated carbocycles. The van der Waals surface area contributed by atoms with Gasteiger partial charge >= 0.3 is 0 Å². The monoisotopic (exact) mass is 247 g/mol. The van der Waals surface area contributed by atoms with Crippen LogP contribution in [0.25, 0.3) is 0 Å². The molecule has 1 fully saturated rings. The van der Waals surface area contributed by atoms with Crippen molar-refractivity contribution in [1.82, 2.24) is 5.32 Å². The van der Waals surface area contributed by atoms with E-state index in [4.69, 9.17) is 5.11 Å². The van der Waals surface area contributed by atoms with Crippen molar-refractivity contribution in [2.24, 2.45) is 5.92 Å². The molecule has 0 radical (unpaired) electrons. The molecule has 1 aliphatic rings. The lowest BCUT2D eigenvalue weighted by molar-refractivity contribution is -0.122. The first-order valence-electron chi connectivity index (χ1n) is 6.66. The summed E-state index contributed by atoms with van der Waals surface area (Å²) < 4.78 is 0. The fourth-order valence-electron chi connectivity index (χ4n) is 2.33. The van der Waals surface area contributed by atoms with Gasteiger partial charge in [-0.15, -0.1) is 0 Å². The first-order valence-corrected chi connectivity index (χ1v) is 6.66. The quantitative estimate of drug-likeness (QED) is 0.808. The van der Waals surface area contributed by atoms with Crippen molar-refractivity contribution in [2.75, 3.05) is 6.61 Å². The summed E-state index contributed by atoms with van der Waals surface area (Å²) in [6.45, 7) is 1.80. The molecule has 0 bridgehead atoms. The summed E-state index contributed by atoms with van der Waals surface area (Å²) >= 11 is 0. The van der Waals surface area contributed by atoms with Gasteiger partial charge in [-0.2, -0.15) is 0 Å². The maximum Gasteiger partial charge on any atom is 0.220 e. The molecular weight excluding hydrogens is 226 g/mol. The molecule has 1 amide bonds. The molecule has 3 heteroatoms. The van der Waals surface area contributed by atoms with Crippen LogP contribution in [-0.2, 0) is 4.79 Å². The topological polar surface area (TPSA) is 49.3 Å². The Kier molecular flexibility index (Phi) is 4.37. The number of benzene rings is 1. The number of aliphatic hydroxyl groups is 1. The Hall–Kier alpha value is -1.35. The molecule has 1 aromatic rings. The molecule has 2 N–H and O–H groups in total. The number of hydrogen-bond donors (Lipinski definition) is 2. The number of nitrogens with one attached hydrogen (secondary N) is 1. The van der Waals surface area contributed by atoms with E-state index in [1.54, 1.807) is 0 Å². The van der Waals surface area contributed by atoms with Crippen molar-refractivity contribution in [2.45, 2.75) is 38.1 Å². The third-order valence-electron chi connectivity index (χ3n) is 3.51. The highest BCUT2D eigenvalue weighted by Gasteiger charge is 2.33. The van der Waals surface area contributed by atoms with Crippen molar-refractivity contribution in [1.29, 1.82) is 0 Å². The minimum Gasteiger partial charge on any atom is -0.394 e. The first kappa shape index (κ1) is 13.1. The highest BCUT2D eigenvalue weighted by Crippen LogP contribution is 2.44. The Balaban J connectivity index is 1.97. The Morgan fingerprint density at radius 1 is 1.39 bits per heavy atom. The summed E-state index contributed by atoms with van der Waals surface area (Å²) in [6, 6.07) is 10.1. The predicted molar refractivity (Wildman–Crippen MR) is 71.2 cm³/mol. The van der Waals surface area contributed by atoms with Crippen molar-refractivity contribution < 1.29 is 9.90 Å². The predicted octanol–water partition coefficient (Wildman–Crippen LogP) is 2.07. The minimum atomic E-state index is -0.159. The maximum atomic E-state index is 11.9. The molecule has 0 aromatic heterocycles. The average molecular weight is 247 g/mol. The summed E-state index contributed by atoms with van der Waals surface area (Å²) in [5.74, 6) is 1.02. The van der Waals surface area contributed by atoms with Gasteiger partial charge in [-0.25, -0.2) is 0 Å². The number of rotatable bonds is 6. The highest BCUT2D eigenvalue weighted by atomic mass is 16.3. The van der Waals surface area contributed by atoms with Crippen LogP contribution in [0.4, 0.5) is 0 Å². The van der Waals surface area contributed by atoms with Gasteiger partial charge in [-0.1, -0.05) is 30.3 Å². The molecule has 1 aromatic carbocycles. The average Bonchev–Trinajstić information content (AvgIpc) is 3.21. The highest BCUT2D eigenvalue weighted by molar-refractivity contribution is 5.77. The second-order valence-corrected chi connectivity index (χ2v) is 5.21. The van der Waals surface area contributed by atoms with E-state index in [1.807, 2.05) is 25.1 Å².